The zero-order valence-electron chi connectivity index (χ0n) is 13.5. The van der Waals surface area contributed by atoms with Crippen molar-refractivity contribution >= 4 is 0 Å². The normalized spacial score (nSPS) is 16.2. The fourth-order valence-electron chi connectivity index (χ4n) is 3.46. The van der Waals surface area contributed by atoms with Crippen LogP contribution in [0.4, 0.5) is 0 Å². The van der Waals surface area contributed by atoms with E-state index in [0.29, 0.717) is 17.4 Å². The van der Waals surface area contributed by atoms with Crippen LogP contribution in [0.3, 0.4) is 0 Å². The van der Waals surface area contributed by atoms with Gasteiger partial charge < -0.3 is 9.26 Å². The molecule has 0 radical (unpaired) electrons. The predicted octanol–water partition coefficient (Wildman–Crippen LogP) is 3.40. The van der Waals surface area contributed by atoms with E-state index in [1.165, 1.54) is 5.56 Å². The lowest BCUT2D eigenvalue weighted by Crippen LogP contribution is -2.24. The molecule has 1 aliphatic rings. The molecule has 0 unspecified atom stereocenters. The van der Waals surface area contributed by atoms with Gasteiger partial charge in [-0.25, -0.2) is 0 Å². The number of aromatic nitrogens is 4. The van der Waals surface area contributed by atoms with Crippen molar-refractivity contribution in [2.75, 3.05) is 7.11 Å². The summed E-state index contributed by atoms with van der Waals surface area (Å²) in [4.78, 5) is 4.64. The molecule has 24 heavy (non-hydrogen) atoms. The number of hydrogen-bond donors (Lipinski definition) is 0. The fourth-order valence-corrected chi connectivity index (χ4v) is 3.46. The first-order valence-corrected chi connectivity index (χ1v) is 8.09. The van der Waals surface area contributed by atoms with Crippen LogP contribution in [0.2, 0.25) is 0 Å². The lowest BCUT2D eigenvalue weighted by Gasteiger charge is -2.25. The van der Waals surface area contributed by atoms with Crippen LogP contribution < -0.4 is 4.74 Å². The Morgan fingerprint density at radius 1 is 1.08 bits per heavy atom. The Labute approximate surface area is 139 Å². The predicted molar refractivity (Wildman–Crippen MR) is 87.6 cm³/mol. The molecule has 1 fully saturated rings. The standard InChI is InChI=1S/C18H18N4O2/c1-23-14-8-6-13(7-9-14)18(10-2-3-11-18)17-20-16(22-24-17)15-5-4-12-19-21-15/h4-9,12H,2-3,10-11H2,1H3. The maximum Gasteiger partial charge on any atom is 0.237 e. The highest BCUT2D eigenvalue weighted by Gasteiger charge is 2.42. The lowest BCUT2D eigenvalue weighted by molar-refractivity contribution is 0.311. The molecule has 0 aliphatic heterocycles. The number of methoxy groups -OCH3 is 1. The van der Waals surface area contributed by atoms with E-state index < -0.39 is 0 Å². The summed E-state index contributed by atoms with van der Waals surface area (Å²) < 4.78 is 10.9. The molecule has 1 saturated carbocycles. The highest BCUT2D eigenvalue weighted by Crippen LogP contribution is 2.46. The second kappa shape index (κ2) is 6.03. The van der Waals surface area contributed by atoms with E-state index in [2.05, 4.69) is 32.5 Å². The average molecular weight is 322 g/mol. The SMILES string of the molecule is COc1ccc(C2(c3nc(-c4cccnn4)no3)CCCC2)cc1. The Balaban J connectivity index is 1.74. The largest absolute Gasteiger partial charge is 0.497 e. The van der Waals surface area contributed by atoms with Crippen LogP contribution in [-0.2, 0) is 5.41 Å². The molecule has 3 aromatic rings. The van der Waals surface area contributed by atoms with Crippen molar-refractivity contribution in [3.63, 3.8) is 0 Å². The second-order valence-electron chi connectivity index (χ2n) is 6.05. The molecule has 1 aromatic carbocycles. The molecule has 122 valence electrons. The summed E-state index contributed by atoms with van der Waals surface area (Å²) in [5.41, 5.74) is 1.59. The van der Waals surface area contributed by atoms with Gasteiger partial charge in [0.1, 0.15) is 11.4 Å². The molecule has 1 aliphatic carbocycles. The van der Waals surface area contributed by atoms with E-state index in [9.17, 15) is 0 Å². The monoisotopic (exact) mass is 322 g/mol. The molecule has 0 bridgehead atoms. The van der Waals surface area contributed by atoms with Crippen molar-refractivity contribution in [2.24, 2.45) is 0 Å². The van der Waals surface area contributed by atoms with E-state index in [-0.39, 0.29) is 5.41 Å². The molecule has 0 N–H and O–H groups in total. The van der Waals surface area contributed by atoms with Gasteiger partial charge in [0.2, 0.25) is 11.7 Å². The summed E-state index contributed by atoms with van der Waals surface area (Å²) in [6.45, 7) is 0. The molecular formula is C18H18N4O2. The van der Waals surface area contributed by atoms with E-state index in [1.807, 2.05) is 24.3 Å². The number of hydrogen-bond acceptors (Lipinski definition) is 6. The lowest BCUT2D eigenvalue weighted by atomic mass is 9.78. The molecule has 4 rings (SSSR count). The molecule has 0 saturated heterocycles. The summed E-state index contributed by atoms with van der Waals surface area (Å²) in [5.74, 6) is 1.99. The summed E-state index contributed by atoms with van der Waals surface area (Å²) in [6.07, 6.45) is 5.92. The fraction of sp³-hybridized carbons (Fsp3) is 0.333. The van der Waals surface area contributed by atoms with Crippen molar-refractivity contribution in [1.82, 2.24) is 20.3 Å². The van der Waals surface area contributed by atoms with E-state index in [1.54, 1.807) is 13.3 Å². The molecule has 0 atom stereocenters. The Morgan fingerprint density at radius 3 is 2.54 bits per heavy atom. The maximum atomic E-state index is 5.66. The first-order chi connectivity index (χ1) is 11.8. The van der Waals surface area contributed by atoms with Crippen LogP contribution in [0.15, 0.2) is 47.1 Å². The van der Waals surface area contributed by atoms with Gasteiger partial charge in [0, 0.05) is 6.20 Å². The minimum Gasteiger partial charge on any atom is -0.497 e. The van der Waals surface area contributed by atoms with Crippen LogP contribution in [0.1, 0.15) is 37.1 Å². The molecule has 2 heterocycles. The van der Waals surface area contributed by atoms with Gasteiger partial charge in [0.15, 0.2) is 0 Å². The Kier molecular flexibility index (Phi) is 3.72. The molecule has 2 aromatic heterocycles. The van der Waals surface area contributed by atoms with Gasteiger partial charge in [-0.3, -0.25) is 0 Å². The van der Waals surface area contributed by atoms with E-state index in [4.69, 9.17) is 9.26 Å². The highest BCUT2D eigenvalue weighted by atomic mass is 16.5. The van der Waals surface area contributed by atoms with Crippen LogP contribution in [-0.4, -0.2) is 27.4 Å². The summed E-state index contributed by atoms with van der Waals surface area (Å²) in [5, 5.41) is 12.1. The molecule has 0 amide bonds. The number of rotatable bonds is 4. The molecular weight excluding hydrogens is 304 g/mol. The summed E-state index contributed by atoms with van der Waals surface area (Å²) in [7, 11) is 1.67. The van der Waals surface area contributed by atoms with Gasteiger partial charge in [-0.15, -0.1) is 5.10 Å². The molecule has 6 nitrogen and oxygen atoms in total. The maximum absolute atomic E-state index is 5.66. The van der Waals surface area contributed by atoms with Crippen molar-refractivity contribution in [3.05, 3.63) is 54.0 Å². The van der Waals surface area contributed by atoms with E-state index in [0.717, 1.165) is 31.4 Å². The minimum atomic E-state index is -0.222. The minimum absolute atomic E-state index is 0.222. The topological polar surface area (TPSA) is 73.9 Å². The van der Waals surface area contributed by atoms with Crippen LogP contribution in [0.5, 0.6) is 5.75 Å². The first-order valence-electron chi connectivity index (χ1n) is 8.09. The quantitative estimate of drug-likeness (QED) is 0.733. The average Bonchev–Trinajstić information content (AvgIpc) is 3.33. The summed E-state index contributed by atoms with van der Waals surface area (Å²) in [6, 6.07) is 11.8. The molecule has 0 spiro atoms. The Bertz CT molecular complexity index is 809. The third-order valence-electron chi connectivity index (χ3n) is 4.74. The van der Waals surface area contributed by atoms with Gasteiger partial charge >= 0.3 is 0 Å². The zero-order chi connectivity index (χ0) is 16.4. The molecule has 6 heteroatoms. The highest BCUT2D eigenvalue weighted by molar-refractivity contribution is 5.47. The number of benzene rings is 1. The van der Waals surface area contributed by atoms with Gasteiger partial charge in [-0.05, 0) is 42.7 Å². The smallest absolute Gasteiger partial charge is 0.237 e. The third-order valence-corrected chi connectivity index (χ3v) is 4.74. The van der Waals surface area contributed by atoms with Gasteiger partial charge in [0.25, 0.3) is 0 Å². The van der Waals surface area contributed by atoms with Gasteiger partial charge in [-0.2, -0.15) is 10.1 Å². The Morgan fingerprint density at radius 2 is 1.88 bits per heavy atom. The summed E-state index contributed by atoms with van der Waals surface area (Å²) >= 11 is 0. The van der Waals surface area contributed by atoms with Crippen LogP contribution in [0.25, 0.3) is 11.5 Å². The van der Waals surface area contributed by atoms with E-state index >= 15 is 0 Å². The van der Waals surface area contributed by atoms with Crippen molar-refractivity contribution in [2.45, 2.75) is 31.1 Å². The van der Waals surface area contributed by atoms with Crippen LogP contribution >= 0.6 is 0 Å². The first kappa shape index (κ1) is 14.8. The third kappa shape index (κ3) is 2.44. The zero-order valence-corrected chi connectivity index (χ0v) is 13.5. The van der Waals surface area contributed by atoms with Crippen LogP contribution in [0, 0.1) is 0 Å². The van der Waals surface area contributed by atoms with Crippen molar-refractivity contribution in [1.29, 1.82) is 0 Å². The second-order valence-corrected chi connectivity index (χ2v) is 6.05. The van der Waals surface area contributed by atoms with Gasteiger partial charge in [0.05, 0.1) is 12.5 Å². The van der Waals surface area contributed by atoms with Crippen molar-refractivity contribution in [3.8, 4) is 17.3 Å². The Hall–Kier alpha value is -2.76. The van der Waals surface area contributed by atoms with Gasteiger partial charge in [-0.1, -0.05) is 30.1 Å². The van der Waals surface area contributed by atoms with Crippen molar-refractivity contribution < 1.29 is 9.26 Å². The number of nitrogens with zero attached hydrogens (tertiary/aromatic N) is 4. The number of ether oxygens (including phenoxy) is 1.